The fraction of sp³-hybridized carbons (Fsp3) is 0.353. The number of aliphatic carboxylic acids is 1. The van der Waals surface area contributed by atoms with Gasteiger partial charge in [-0.2, -0.15) is 11.8 Å². The second-order valence-electron chi connectivity index (χ2n) is 5.28. The van der Waals surface area contributed by atoms with E-state index in [1.165, 1.54) is 26.0 Å². The minimum absolute atomic E-state index is 0.219. The normalized spacial score (nSPS) is 16.9. The second kappa shape index (κ2) is 9.29. The van der Waals surface area contributed by atoms with Gasteiger partial charge in [-0.1, -0.05) is 30.0 Å². The van der Waals surface area contributed by atoms with E-state index in [1.54, 1.807) is 24.3 Å². The topological polar surface area (TPSA) is 78.9 Å². The van der Waals surface area contributed by atoms with E-state index in [0.29, 0.717) is 22.2 Å². The maximum atomic E-state index is 12.7. The monoisotopic (exact) mass is 412 g/mol. The summed E-state index contributed by atoms with van der Waals surface area (Å²) in [5.41, 5.74) is 0.720. The van der Waals surface area contributed by atoms with Crippen molar-refractivity contribution in [1.82, 2.24) is 4.90 Å². The Balaban J connectivity index is 2.29. The van der Waals surface area contributed by atoms with Crippen LogP contribution < -0.4 is 14.6 Å². The summed E-state index contributed by atoms with van der Waals surface area (Å²) < 4.78 is 10.7. The van der Waals surface area contributed by atoms with Crippen molar-refractivity contribution in [3.05, 3.63) is 28.7 Å². The maximum absolute atomic E-state index is 12.7. The van der Waals surface area contributed by atoms with Crippen molar-refractivity contribution < 1.29 is 24.2 Å². The Kier molecular flexibility index (Phi) is 7.36. The first-order valence-corrected chi connectivity index (χ1v) is 10.2. The number of hydrogen-bond acceptors (Lipinski definition) is 8. The minimum Gasteiger partial charge on any atom is -0.548 e. The van der Waals surface area contributed by atoms with Gasteiger partial charge in [0, 0.05) is 0 Å². The molecule has 0 unspecified atom stereocenters. The van der Waals surface area contributed by atoms with Gasteiger partial charge in [0.1, 0.15) is 4.32 Å². The lowest BCUT2D eigenvalue weighted by Crippen LogP contribution is -2.50. The molecular formula is C17H18NO5S3-. The number of carboxylic acids is 1. The Morgan fingerprint density at radius 2 is 2.08 bits per heavy atom. The van der Waals surface area contributed by atoms with Crippen LogP contribution in [0.25, 0.3) is 6.08 Å². The van der Waals surface area contributed by atoms with Crippen molar-refractivity contribution in [2.45, 2.75) is 12.5 Å². The zero-order valence-electron chi connectivity index (χ0n) is 14.5. The molecule has 1 fully saturated rings. The highest BCUT2D eigenvalue weighted by atomic mass is 32.2. The number of nitrogens with zero attached hydrogens (tertiary/aromatic N) is 1. The van der Waals surface area contributed by atoms with Crippen LogP contribution in [0.2, 0.25) is 0 Å². The van der Waals surface area contributed by atoms with E-state index in [-0.39, 0.29) is 10.7 Å². The largest absolute Gasteiger partial charge is 0.548 e. The van der Waals surface area contributed by atoms with E-state index >= 15 is 0 Å². The van der Waals surface area contributed by atoms with Gasteiger partial charge < -0.3 is 19.4 Å². The van der Waals surface area contributed by atoms with Crippen LogP contribution in [0.15, 0.2) is 23.1 Å². The number of rotatable bonds is 8. The van der Waals surface area contributed by atoms with Crippen LogP contribution in [-0.2, 0) is 9.59 Å². The van der Waals surface area contributed by atoms with Crippen LogP contribution in [0.5, 0.6) is 11.5 Å². The molecule has 0 N–H and O–H groups in total. The third kappa shape index (κ3) is 4.52. The number of carbonyl (C=O) groups excluding carboxylic acids is 2. The molecule has 1 amide bonds. The number of ether oxygens (including phenoxy) is 2. The molecule has 26 heavy (non-hydrogen) atoms. The Hall–Kier alpha value is -1.71. The van der Waals surface area contributed by atoms with Crippen molar-refractivity contribution in [2.75, 3.05) is 26.2 Å². The van der Waals surface area contributed by atoms with Gasteiger partial charge in [0.25, 0.3) is 5.91 Å². The molecule has 1 saturated heterocycles. The molecule has 0 spiro atoms. The third-order valence-electron chi connectivity index (χ3n) is 3.71. The zero-order chi connectivity index (χ0) is 19.3. The number of amides is 1. The standard InChI is InChI=1S/C17H19NO5S3/c1-22-12-5-4-10(8-13(12)23-2)9-14-15(19)18(17(24)26-14)11(16(20)21)6-7-25-3/h4-5,8-9,11H,6-7H2,1-3H3,(H,20,21)/p-1/b14-9-/t11-/m0/s1. The summed E-state index contributed by atoms with van der Waals surface area (Å²) in [6.45, 7) is 0. The lowest BCUT2D eigenvalue weighted by molar-refractivity contribution is -0.310. The smallest absolute Gasteiger partial charge is 0.266 e. The summed E-state index contributed by atoms with van der Waals surface area (Å²) in [5, 5.41) is 11.5. The number of carboxylic acid groups (broad SMARTS) is 1. The molecule has 0 bridgehead atoms. The van der Waals surface area contributed by atoms with Crippen LogP contribution in [0.4, 0.5) is 0 Å². The molecule has 0 aromatic heterocycles. The van der Waals surface area contributed by atoms with Gasteiger partial charge in [0.05, 0.1) is 31.1 Å². The van der Waals surface area contributed by atoms with E-state index in [1.807, 2.05) is 6.26 Å². The Bertz CT molecular complexity index is 750. The SMILES string of the molecule is COc1ccc(/C=C2\SC(=S)N([C@@H](CCSC)C(=O)[O-])C2=O)cc1OC. The summed E-state index contributed by atoms with van der Waals surface area (Å²) >= 11 is 7.81. The van der Waals surface area contributed by atoms with Gasteiger partial charge in [-0.05, 0) is 42.2 Å². The van der Waals surface area contributed by atoms with Gasteiger partial charge in [-0.3, -0.25) is 9.69 Å². The van der Waals surface area contributed by atoms with E-state index in [0.717, 1.165) is 22.2 Å². The molecular weight excluding hydrogens is 394 g/mol. The van der Waals surface area contributed by atoms with Crippen LogP contribution in [0, 0.1) is 0 Å². The van der Waals surface area contributed by atoms with E-state index in [2.05, 4.69) is 0 Å². The van der Waals surface area contributed by atoms with Crippen LogP contribution >= 0.6 is 35.7 Å². The highest BCUT2D eigenvalue weighted by Gasteiger charge is 2.37. The molecule has 0 radical (unpaired) electrons. The fourth-order valence-electron chi connectivity index (χ4n) is 2.42. The molecule has 1 heterocycles. The van der Waals surface area contributed by atoms with Gasteiger partial charge in [0.2, 0.25) is 0 Å². The molecule has 1 aromatic carbocycles. The lowest BCUT2D eigenvalue weighted by Gasteiger charge is -2.27. The first kappa shape index (κ1) is 20.6. The van der Waals surface area contributed by atoms with Gasteiger partial charge in [-0.25, -0.2) is 0 Å². The highest BCUT2D eigenvalue weighted by molar-refractivity contribution is 8.26. The van der Waals surface area contributed by atoms with Crippen molar-refractivity contribution in [2.24, 2.45) is 0 Å². The second-order valence-corrected chi connectivity index (χ2v) is 7.94. The maximum Gasteiger partial charge on any atom is 0.266 e. The lowest BCUT2D eigenvalue weighted by atomic mass is 10.1. The number of hydrogen-bond donors (Lipinski definition) is 0. The first-order chi connectivity index (χ1) is 12.4. The quantitative estimate of drug-likeness (QED) is 0.472. The number of thiocarbonyl (C=S) groups is 1. The molecule has 2 rings (SSSR count). The molecule has 0 aliphatic carbocycles. The van der Waals surface area contributed by atoms with Crippen LogP contribution in [-0.4, -0.2) is 53.4 Å². The van der Waals surface area contributed by atoms with E-state index in [4.69, 9.17) is 21.7 Å². The summed E-state index contributed by atoms with van der Waals surface area (Å²) in [6, 6.07) is 4.17. The molecule has 1 aliphatic rings. The first-order valence-electron chi connectivity index (χ1n) is 7.61. The average Bonchev–Trinajstić information content (AvgIpc) is 2.89. The molecule has 1 aliphatic heterocycles. The van der Waals surface area contributed by atoms with Crippen molar-refractivity contribution in [1.29, 1.82) is 0 Å². The number of benzene rings is 1. The summed E-state index contributed by atoms with van der Waals surface area (Å²) in [5.74, 6) is -0.0341. The van der Waals surface area contributed by atoms with Gasteiger partial charge in [-0.15, -0.1) is 0 Å². The Morgan fingerprint density at radius 1 is 1.38 bits per heavy atom. The van der Waals surface area contributed by atoms with Crippen molar-refractivity contribution in [3.63, 3.8) is 0 Å². The van der Waals surface area contributed by atoms with Crippen molar-refractivity contribution >= 4 is 58.0 Å². The summed E-state index contributed by atoms with van der Waals surface area (Å²) in [6.07, 6.45) is 3.80. The summed E-state index contributed by atoms with van der Waals surface area (Å²) in [7, 11) is 3.06. The van der Waals surface area contributed by atoms with Crippen LogP contribution in [0.3, 0.4) is 0 Å². The number of carbonyl (C=O) groups is 2. The van der Waals surface area contributed by atoms with E-state index in [9.17, 15) is 14.7 Å². The highest BCUT2D eigenvalue weighted by Crippen LogP contribution is 2.36. The van der Waals surface area contributed by atoms with Gasteiger partial charge in [0.15, 0.2) is 11.5 Å². The van der Waals surface area contributed by atoms with Crippen LogP contribution in [0.1, 0.15) is 12.0 Å². The summed E-state index contributed by atoms with van der Waals surface area (Å²) in [4.78, 5) is 25.7. The Morgan fingerprint density at radius 3 is 2.65 bits per heavy atom. The molecule has 9 heteroatoms. The molecule has 6 nitrogen and oxygen atoms in total. The number of thioether (sulfide) groups is 2. The predicted octanol–water partition coefficient (Wildman–Crippen LogP) is 1.78. The number of methoxy groups -OCH3 is 2. The minimum atomic E-state index is -1.30. The fourth-order valence-corrected chi connectivity index (χ4v) is 4.24. The van der Waals surface area contributed by atoms with E-state index < -0.39 is 17.9 Å². The average molecular weight is 413 g/mol. The molecule has 140 valence electrons. The molecule has 1 atom stereocenters. The van der Waals surface area contributed by atoms with Crippen molar-refractivity contribution in [3.8, 4) is 11.5 Å². The zero-order valence-corrected chi connectivity index (χ0v) is 17.0. The van der Waals surface area contributed by atoms with Gasteiger partial charge >= 0.3 is 0 Å². The third-order valence-corrected chi connectivity index (χ3v) is 5.68. The molecule has 1 aromatic rings. The Labute approximate surface area is 165 Å². The predicted molar refractivity (Wildman–Crippen MR) is 106 cm³/mol. The molecule has 0 saturated carbocycles.